The molecule has 0 spiro atoms. The molecule has 0 bridgehead atoms. The van der Waals surface area contributed by atoms with Crippen LogP contribution < -0.4 is 4.90 Å². The van der Waals surface area contributed by atoms with Crippen molar-refractivity contribution in [3.8, 4) is 0 Å². The molecule has 0 amide bonds. The van der Waals surface area contributed by atoms with Gasteiger partial charge in [-0.2, -0.15) is 0 Å². The number of aromatic nitrogens is 1. The predicted octanol–water partition coefficient (Wildman–Crippen LogP) is 6.08. The second kappa shape index (κ2) is 10.7. The van der Waals surface area contributed by atoms with Crippen LogP contribution in [-0.2, 0) is 19.7 Å². The monoisotopic (exact) mass is 454 g/mol. The molecule has 180 valence electrons. The number of anilines is 1. The molecule has 33 heavy (non-hydrogen) atoms. The van der Waals surface area contributed by atoms with Crippen LogP contribution in [0.15, 0.2) is 48.7 Å². The van der Waals surface area contributed by atoms with Crippen LogP contribution in [0.3, 0.4) is 0 Å². The van der Waals surface area contributed by atoms with Gasteiger partial charge < -0.3 is 14.4 Å². The van der Waals surface area contributed by atoms with Crippen molar-refractivity contribution < 1.29 is 19.1 Å². The number of likely N-dealkylation sites (N-methyl/N-ethyl adjacent to an activating group) is 1. The van der Waals surface area contributed by atoms with E-state index in [1.54, 1.807) is 6.20 Å². The molecule has 0 radical (unpaired) electrons. The molecule has 0 aliphatic carbocycles. The third kappa shape index (κ3) is 5.32. The summed E-state index contributed by atoms with van der Waals surface area (Å²) in [5.74, 6) is -0.267. The summed E-state index contributed by atoms with van der Waals surface area (Å²) in [5.41, 5.74) is 3.49. The highest BCUT2D eigenvalue weighted by Crippen LogP contribution is 2.40. The molecule has 6 nitrogen and oxygen atoms in total. The smallest absolute Gasteiger partial charge is 0.418 e. The number of benzene rings is 1. The zero-order valence-electron chi connectivity index (χ0n) is 21.3. The van der Waals surface area contributed by atoms with E-state index in [9.17, 15) is 9.59 Å². The van der Waals surface area contributed by atoms with E-state index in [0.717, 1.165) is 35.0 Å². The van der Waals surface area contributed by atoms with Crippen molar-refractivity contribution in [3.05, 3.63) is 54.3 Å². The minimum Gasteiger partial charge on any atom is -0.467 e. The summed E-state index contributed by atoms with van der Waals surface area (Å²) in [4.78, 5) is 27.1. The molecule has 2 atom stereocenters. The van der Waals surface area contributed by atoms with Gasteiger partial charge in [0.15, 0.2) is 0 Å². The standard InChI is InChI=1S/C27H38N2O4/c1-10-27(6,16-11-12-18(2)3)21-13-14-22(28(7)23(19(4)5)25(30)32-8)20-15-17-29(24(20)21)26(31)33-9/h10,12-15,17,19,23H,1,11,16H2,2-9H3/t23-,27-/m0/s1. The third-order valence-electron chi connectivity index (χ3n) is 6.35. The summed E-state index contributed by atoms with van der Waals surface area (Å²) in [6.45, 7) is 14.4. The van der Waals surface area contributed by atoms with Crippen LogP contribution in [0.5, 0.6) is 0 Å². The van der Waals surface area contributed by atoms with Gasteiger partial charge in [0.05, 0.1) is 19.7 Å². The minimum atomic E-state index is -0.464. The number of allylic oxidation sites excluding steroid dienone is 3. The molecule has 0 saturated heterocycles. The molecule has 0 unspecified atom stereocenters. The molecule has 1 aromatic heterocycles. The highest BCUT2D eigenvalue weighted by atomic mass is 16.5. The van der Waals surface area contributed by atoms with Gasteiger partial charge in [-0.25, -0.2) is 9.59 Å². The lowest BCUT2D eigenvalue weighted by molar-refractivity contribution is -0.143. The lowest BCUT2D eigenvalue weighted by Crippen LogP contribution is -2.43. The van der Waals surface area contributed by atoms with Crippen molar-refractivity contribution in [1.82, 2.24) is 4.57 Å². The Morgan fingerprint density at radius 2 is 1.85 bits per heavy atom. The Bertz CT molecular complexity index is 1050. The van der Waals surface area contributed by atoms with E-state index in [4.69, 9.17) is 9.47 Å². The molecule has 0 aliphatic rings. The van der Waals surface area contributed by atoms with Gasteiger partial charge in [-0.3, -0.25) is 4.57 Å². The van der Waals surface area contributed by atoms with Crippen LogP contribution in [0.2, 0.25) is 0 Å². The Morgan fingerprint density at radius 3 is 2.36 bits per heavy atom. The summed E-state index contributed by atoms with van der Waals surface area (Å²) in [7, 11) is 4.66. The second-order valence-corrected chi connectivity index (χ2v) is 9.31. The molecular weight excluding hydrogens is 416 g/mol. The summed E-state index contributed by atoms with van der Waals surface area (Å²) in [6, 6.07) is 5.48. The predicted molar refractivity (Wildman–Crippen MR) is 135 cm³/mol. The molecule has 1 heterocycles. The van der Waals surface area contributed by atoms with Crippen molar-refractivity contribution in [2.45, 2.75) is 58.9 Å². The van der Waals surface area contributed by atoms with Crippen LogP contribution in [0.1, 0.15) is 53.0 Å². The van der Waals surface area contributed by atoms with E-state index >= 15 is 0 Å². The number of hydrogen-bond donors (Lipinski definition) is 0. The van der Waals surface area contributed by atoms with Crippen LogP contribution >= 0.6 is 0 Å². The van der Waals surface area contributed by atoms with Crippen LogP contribution in [-0.4, -0.2) is 43.9 Å². The molecule has 1 aromatic carbocycles. The third-order valence-corrected chi connectivity index (χ3v) is 6.35. The quantitative estimate of drug-likeness (QED) is 0.339. The van der Waals surface area contributed by atoms with Crippen molar-refractivity contribution in [3.63, 3.8) is 0 Å². The Balaban J connectivity index is 2.76. The molecule has 0 saturated carbocycles. The number of ether oxygens (including phenoxy) is 2. The van der Waals surface area contributed by atoms with Crippen molar-refractivity contribution in [2.24, 2.45) is 5.92 Å². The first-order valence-electron chi connectivity index (χ1n) is 11.3. The van der Waals surface area contributed by atoms with Gasteiger partial charge in [0.1, 0.15) is 6.04 Å². The maximum atomic E-state index is 12.7. The Kier molecular flexibility index (Phi) is 8.53. The number of nitrogens with zero attached hydrogens (tertiary/aromatic N) is 2. The number of esters is 1. The van der Waals surface area contributed by atoms with E-state index in [1.165, 1.54) is 24.4 Å². The van der Waals surface area contributed by atoms with Gasteiger partial charge in [-0.05, 0) is 50.3 Å². The summed E-state index contributed by atoms with van der Waals surface area (Å²) in [5, 5.41) is 0.866. The average molecular weight is 455 g/mol. The zero-order chi connectivity index (χ0) is 24.9. The number of carbonyl (C=O) groups is 2. The van der Waals surface area contributed by atoms with Crippen LogP contribution in [0.4, 0.5) is 10.5 Å². The van der Waals surface area contributed by atoms with E-state index in [-0.39, 0.29) is 17.3 Å². The average Bonchev–Trinajstić information content (AvgIpc) is 3.22. The highest BCUT2D eigenvalue weighted by molar-refractivity contribution is 6.01. The van der Waals surface area contributed by atoms with Crippen molar-refractivity contribution >= 4 is 28.7 Å². The van der Waals surface area contributed by atoms with E-state index in [1.807, 2.05) is 50.1 Å². The first-order valence-corrected chi connectivity index (χ1v) is 11.3. The maximum Gasteiger partial charge on any atom is 0.418 e. The van der Waals surface area contributed by atoms with Gasteiger partial charge in [0.25, 0.3) is 0 Å². The molecule has 6 heteroatoms. The van der Waals surface area contributed by atoms with Gasteiger partial charge in [0.2, 0.25) is 0 Å². The lowest BCUT2D eigenvalue weighted by Gasteiger charge is -2.33. The Morgan fingerprint density at radius 1 is 1.18 bits per heavy atom. The van der Waals surface area contributed by atoms with E-state index in [0.29, 0.717) is 0 Å². The lowest BCUT2D eigenvalue weighted by atomic mass is 9.77. The van der Waals surface area contributed by atoms with Gasteiger partial charge in [0, 0.05) is 29.7 Å². The summed E-state index contributed by atoms with van der Waals surface area (Å²) >= 11 is 0. The van der Waals surface area contributed by atoms with Gasteiger partial charge in [-0.1, -0.05) is 44.6 Å². The minimum absolute atomic E-state index is 0.0300. The Labute approximate surface area is 197 Å². The number of rotatable bonds is 9. The second-order valence-electron chi connectivity index (χ2n) is 9.31. The molecule has 0 fully saturated rings. The molecule has 2 rings (SSSR count). The topological polar surface area (TPSA) is 60.8 Å². The summed E-state index contributed by atoms with van der Waals surface area (Å²) < 4.78 is 11.7. The normalized spacial score (nSPS) is 13.8. The largest absolute Gasteiger partial charge is 0.467 e. The fourth-order valence-electron chi connectivity index (χ4n) is 4.42. The van der Waals surface area contributed by atoms with Crippen LogP contribution in [0, 0.1) is 5.92 Å². The number of hydrogen-bond acceptors (Lipinski definition) is 5. The first kappa shape index (κ1) is 26.2. The maximum absolute atomic E-state index is 12.7. The van der Waals surface area contributed by atoms with Gasteiger partial charge in [-0.15, -0.1) is 6.58 Å². The molecular formula is C27H38N2O4. The first-order chi connectivity index (χ1) is 15.5. The van der Waals surface area contributed by atoms with Crippen molar-refractivity contribution in [2.75, 3.05) is 26.2 Å². The highest BCUT2D eigenvalue weighted by Gasteiger charge is 2.32. The van der Waals surface area contributed by atoms with Crippen molar-refractivity contribution in [1.29, 1.82) is 0 Å². The molecule has 0 N–H and O–H groups in total. The molecule has 2 aromatic rings. The number of methoxy groups -OCH3 is 2. The van der Waals surface area contributed by atoms with E-state index < -0.39 is 12.1 Å². The van der Waals surface area contributed by atoms with Crippen LogP contribution in [0.25, 0.3) is 10.9 Å². The fraction of sp³-hybridized carbons (Fsp3) is 0.481. The number of carbonyl (C=O) groups excluding carboxylic acids is 2. The molecule has 0 aliphatic heterocycles. The Hall–Kier alpha value is -3.02. The summed E-state index contributed by atoms with van der Waals surface area (Å²) in [6.07, 6.45) is 7.16. The zero-order valence-corrected chi connectivity index (χ0v) is 21.3. The fourth-order valence-corrected chi connectivity index (χ4v) is 4.42. The number of fused-ring (bicyclic) bond motifs is 1. The van der Waals surface area contributed by atoms with Gasteiger partial charge >= 0.3 is 12.1 Å². The SMILES string of the molecule is C=C[C@@](C)(CCC=C(C)C)c1ccc(N(C)[C@H](C(=O)OC)C(C)C)c2ccn(C(=O)OC)c12. The van der Waals surface area contributed by atoms with E-state index in [2.05, 4.69) is 33.4 Å².